The summed E-state index contributed by atoms with van der Waals surface area (Å²) < 4.78 is 5.12. The van der Waals surface area contributed by atoms with Crippen molar-refractivity contribution in [2.24, 2.45) is 0 Å². The van der Waals surface area contributed by atoms with Crippen LogP contribution in [0.25, 0.3) is 0 Å². The molecule has 0 bridgehead atoms. The second-order valence-corrected chi connectivity index (χ2v) is 4.24. The number of hydrogen-bond acceptors (Lipinski definition) is 5. The lowest BCUT2D eigenvalue weighted by atomic mass is 10.1. The third-order valence-corrected chi connectivity index (χ3v) is 1.66. The van der Waals surface area contributed by atoms with E-state index in [1.165, 1.54) is 6.20 Å². The number of rotatable bonds is 2. The van der Waals surface area contributed by atoms with Crippen LogP contribution in [0.5, 0.6) is 0 Å². The largest absolute Gasteiger partial charge is 0.459 e. The summed E-state index contributed by atoms with van der Waals surface area (Å²) in [5.74, 6) is -1.62. The lowest BCUT2D eigenvalue weighted by Crippen LogP contribution is -2.27. The maximum absolute atomic E-state index is 11.7. The molecule has 0 amide bonds. The molecule has 0 aliphatic rings. The number of aromatic nitrogens is 2. The van der Waals surface area contributed by atoms with Crippen LogP contribution in [0, 0.1) is 11.3 Å². The molecule has 1 aromatic rings. The molecule has 16 heavy (non-hydrogen) atoms. The highest BCUT2D eigenvalue weighted by Crippen LogP contribution is 2.17. The first-order chi connectivity index (χ1) is 7.44. The predicted molar refractivity (Wildman–Crippen MR) is 56.2 cm³/mol. The van der Waals surface area contributed by atoms with Crippen molar-refractivity contribution in [3.8, 4) is 6.07 Å². The molecule has 0 spiro atoms. The van der Waals surface area contributed by atoms with Crippen molar-refractivity contribution >= 4 is 5.97 Å². The molecule has 1 atom stereocenters. The fraction of sp³-hybridized carbons (Fsp3) is 0.455. The van der Waals surface area contributed by atoms with E-state index in [-0.39, 0.29) is 0 Å². The highest BCUT2D eigenvalue weighted by atomic mass is 16.6. The number of carbonyl (C=O) groups is 1. The van der Waals surface area contributed by atoms with Gasteiger partial charge in [-0.2, -0.15) is 15.5 Å². The van der Waals surface area contributed by atoms with Gasteiger partial charge in [0.15, 0.2) is 5.92 Å². The highest BCUT2D eigenvalue weighted by molar-refractivity contribution is 5.80. The van der Waals surface area contributed by atoms with Crippen molar-refractivity contribution in [2.75, 3.05) is 0 Å². The summed E-state index contributed by atoms with van der Waals surface area (Å²) in [6.45, 7) is 5.24. The molecule has 0 aromatic carbocycles. The summed E-state index contributed by atoms with van der Waals surface area (Å²) in [7, 11) is 0. The number of esters is 1. The van der Waals surface area contributed by atoms with Crippen LogP contribution in [0.1, 0.15) is 32.4 Å². The van der Waals surface area contributed by atoms with Gasteiger partial charge in [-0.3, -0.25) is 4.79 Å². The zero-order valence-corrected chi connectivity index (χ0v) is 9.47. The summed E-state index contributed by atoms with van der Waals surface area (Å²) in [6.07, 6.45) is 1.48. The summed E-state index contributed by atoms with van der Waals surface area (Å²) in [4.78, 5) is 11.7. The maximum atomic E-state index is 11.7. The minimum absolute atomic E-state index is 0.305. The molecule has 84 valence electrons. The number of nitrogens with zero attached hydrogens (tertiary/aromatic N) is 3. The van der Waals surface area contributed by atoms with E-state index >= 15 is 0 Å². The fourth-order valence-electron chi connectivity index (χ4n) is 1.07. The number of ether oxygens (including phenoxy) is 1. The Labute approximate surface area is 94.1 Å². The summed E-state index contributed by atoms with van der Waals surface area (Å²) in [6, 6.07) is 5.06. The Morgan fingerprint density at radius 1 is 1.56 bits per heavy atom. The summed E-state index contributed by atoms with van der Waals surface area (Å²) in [5.41, 5.74) is -0.312. The van der Waals surface area contributed by atoms with Crippen molar-refractivity contribution in [1.82, 2.24) is 10.2 Å². The topological polar surface area (TPSA) is 75.9 Å². The van der Waals surface area contributed by atoms with E-state index in [9.17, 15) is 4.79 Å². The van der Waals surface area contributed by atoms with Gasteiger partial charge in [0.05, 0.1) is 11.8 Å². The van der Waals surface area contributed by atoms with Gasteiger partial charge >= 0.3 is 5.97 Å². The van der Waals surface area contributed by atoms with Crippen molar-refractivity contribution in [3.63, 3.8) is 0 Å². The van der Waals surface area contributed by atoms with E-state index in [0.29, 0.717) is 5.69 Å². The van der Waals surface area contributed by atoms with Gasteiger partial charge in [-0.05, 0) is 32.9 Å². The van der Waals surface area contributed by atoms with E-state index in [0.717, 1.165) is 0 Å². The molecular weight excluding hydrogens is 206 g/mol. The van der Waals surface area contributed by atoms with Crippen LogP contribution in [-0.2, 0) is 9.53 Å². The Balaban J connectivity index is 2.85. The lowest BCUT2D eigenvalue weighted by Gasteiger charge is -2.20. The maximum Gasteiger partial charge on any atom is 0.330 e. The molecule has 0 saturated carbocycles. The molecule has 1 rings (SSSR count). The Bertz CT molecular complexity index is 403. The van der Waals surface area contributed by atoms with E-state index in [1.54, 1.807) is 32.9 Å². The summed E-state index contributed by atoms with van der Waals surface area (Å²) >= 11 is 0. The van der Waals surface area contributed by atoms with Crippen LogP contribution >= 0.6 is 0 Å². The molecule has 0 radical (unpaired) electrons. The summed E-state index contributed by atoms with van der Waals surface area (Å²) in [5, 5.41) is 16.3. The highest BCUT2D eigenvalue weighted by Gasteiger charge is 2.27. The molecule has 0 aliphatic heterocycles. The molecule has 0 saturated heterocycles. The van der Waals surface area contributed by atoms with Crippen molar-refractivity contribution in [2.45, 2.75) is 32.3 Å². The van der Waals surface area contributed by atoms with Crippen LogP contribution < -0.4 is 0 Å². The first-order valence-corrected chi connectivity index (χ1v) is 4.84. The molecule has 0 fully saturated rings. The molecule has 0 aliphatic carbocycles. The smallest absolute Gasteiger partial charge is 0.330 e. The Kier molecular flexibility index (Phi) is 3.56. The van der Waals surface area contributed by atoms with Gasteiger partial charge in [0.2, 0.25) is 0 Å². The zero-order chi connectivity index (χ0) is 12.2. The third kappa shape index (κ3) is 3.31. The molecule has 5 nitrogen and oxygen atoms in total. The monoisotopic (exact) mass is 219 g/mol. The number of carbonyl (C=O) groups excluding carboxylic acids is 1. The Morgan fingerprint density at radius 2 is 2.25 bits per heavy atom. The van der Waals surface area contributed by atoms with Crippen LogP contribution in [0.4, 0.5) is 0 Å². The SMILES string of the molecule is CC(C)(C)OC(=O)C(C#N)c1cccnn1. The molecular formula is C11H13N3O2. The van der Waals surface area contributed by atoms with Crippen LogP contribution in [0.15, 0.2) is 18.3 Å². The van der Waals surface area contributed by atoms with Gasteiger partial charge in [-0.1, -0.05) is 0 Å². The van der Waals surface area contributed by atoms with Crippen LogP contribution in [0.3, 0.4) is 0 Å². The van der Waals surface area contributed by atoms with E-state index < -0.39 is 17.5 Å². The van der Waals surface area contributed by atoms with Crippen LogP contribution in [-0.4, -0.2) is 21.8 Å². The first kappa shape index (κ1) is 12.1. The van der Waals surface area contributed by atoms with Crippen molar-refractivity contribution < 1.29 is 9.53 Å². The van der Waals surface area contributed by atoms with Crippen molar-refractivity contribution in [3.05, 3.63) is 24.0 Å². The quantitative estimate of drug-likeness (QED) is 0.703. The molecule has 0 N–H and O–H groups in total. The molecule has 1 aromatic heterocycles. The predicted octanol–water partition coefficient (Wildman–Crippen LogP) is 1.43. The minimum atomic E-state index is -1.02. The van der Waals surface area contributed by atoms with E-state index in [2.05, 4.69) is 10.2 Å². The molecule has 1 unspecified atom stereocenters. The standard InChI is InChI=1S/C11H13N3O2/c1-11(2,3)16-10(15)8(7-12)9-5-4-6-13-14-9/h4-6,8H,1-3H3. The molecule has 5 heteroatoms. The van der Waals surface area contributed by atoms with Gasteiger partial charge in [-0.15, -0.1) is 0 Å². The first-order valence-electron chi connectivity index (χ1n) is 4.84. The van der Waals surface area contributed by atoms with Crippen molar-refractivity contribution in [1.29, 1.82) is 5.26 Å². The number of nitriles is 1. The second kappa shape index (κ2) is 4.71. The average molecular weight is 219 g/mol. The minimum Gasteiger partial charge on any atom is -0.459 e. The fourth-order valence-corrected chi connectivity index (χ4v) is 1.07. The zero-order valence-electron chi connectivity index (χ0n) is 9.47. The normalized spacial score (nSPS) is 12.6. The van der Waals surface area contributed by atoms with Gasteiger partial charge in [0, 0.05) is 6.20 Å². The van der Waals surface area contributed by atoms with Gasteiger partial charge in [0.25, 0.3) is 0 Å². The number of hydrogen-bond donors (Lipinski definition) is 0. The second-order valence-electron chi connectivity index (χ2n) is 4.24. The Hall–Kier alpha value is -1.96. The lowest BCUT2D eigenvalue weighted by molar-refractivity contribution is -0.155. The van der Waals surface area contributed by atoms with Gasteiger partial charge in [-0.25, -0.2) is 0 Å². The average Bonchev–Trinajstić information content (AvgIpc) is 2.17. The molecule has 1 heterocycles. The van der Waals surface area contributed by atoms with Gasteiger partial charge in [0.1, 0.15) is 5.60 Å². The van der Waals surface area contributed by atoms with Gasteiger partial charge < -0.3 is 4.74 Å². The van der Waals surface area contributed by atoms with E-state index in [1.807, 2.05) is 6.07 Å². The third-order valence-electron chi connectivity index (χ3n) is 1.66. The van der Waals surface area contributed by atoms with E-state index in [4.69, 9.17) is 10.00 Å². The Morgan fingerprint density at radius 3 is 2.69 bits per heavy atom. The van der Waals surface area contributed by atoms with Crippen LogP contribution in [0.2, 0.25) is 0 Å².